The zero-order valence-electron chi connectivity index (χ0n) is 7.14. The smallest absolute Gasteiger partial charge is 0.0880 e. The molecule has 0 aromatic rings. The van der Waals surface area contributed by atoms with Crippen molar-refractivity contribution in [3.05, 3.63) is 24.0 Å². The van der Waals surface area contributed by atoms with Crippen LogP contribution < -0.4 is 5.73 Å². The van der Waals surface area contributed by atoms with Gasteiger partial charge in [-0.3, -0.25) is 0 Å². The van der Waals surface area contributed by atoms with Crippen LogP contribution in [0.4, 0.5) is 0 Å². The normalized spacial score (nSPS) is 11.6. The van der Waals surface area contributed by atoms with Crippen molar-refractivity contribution in [2.45, 2.75) is 26.2 Å². The highest BCUT2D eigenvalue weighted by molar-refractivity contribution is 4.99. The third kappa shape index (κ3) is 5.67. The van der Waals surface area contributed by atoms with Gasteiger partial charge in [0.1, 0.15) is 0 Å². The van der Waals surface area contributed by atoms with E-state index in [9.17, 15) is 0 Å². The summed E-state index contributed by atoms with van der Waals surface area (Å²) in [6.07, 6.45) is 4.24. The molecule has 0 atom stereocenters. The van der Waals surface area contributed by atoms with E-state index in [4.69, 9.17) is 10.8 Å². The summed E-state index contributed by atoms with van der Waals surface area (Å²) in [4.78, 5) is 0. The molecule has 0 aromatic carbocycles. The number of nitrogens with two attached hydrogens (primary N) is 1. The second-order valence-electron chi connectivity index (χ2n) is 2.54. The van der Waals surface area contributed by atoms with Gasteiger partial charge in [0.05, 0.1) is 5.76 Å². The number of aliphatic hydroxyl groups excluding tert-OH is 1. The second kappa shape index (κ2) is 5.98. The first kappa shape index (κ1) is 10.2. The number of hydrogen-bond acceptors (Lipinski definition) is 2. The molecular weight excluding hydrogens is 138 g/mol. The molecule has 0 rings (SSSR count). The van der Waals surface area contributed by atoms with Crippen LogP contribution in [-0.4, -0.2) is 11.7 Å². The van der Waals surface area contributed by atoms with Gasteiger partial charge in [0.25, 0.3) is 0 Å². The van der Waals surface area contributed by atoms with E-state index in [0.717, 1.165) is 18.4 Å². The van der Waals surface area contributed by atoms with Crippen molar-refractivity contribution in [1.82, 2.24) is 0 Å². The van der Waals surface area contributed by atoms with E-state index in [0.29, 0.717) is 18.7 Å². The number of rotatable bonds is 5. The van der Waals surface area contributed by atoms with Gasteiger partial charge < -0.3 is 10.8 Å². The van der Waals surface area contributed by atoms with Crippen LogP contribution in [0.1, 0.15) is 26.2 Å². The average Bonchev–Trinajstić information content (AvgIpc) is 2.04. The predicted octanol–water partition coefficient (Wildman–Crippen LogP) is 2.13. The zero-order valence-corrected chi connectivity index (χ0v) is 7.14. The molecule has 3 N–H and O–H groups in total. The molecule has 0 unspecified atom stereocenters. The van der Waals surface area contributed by atoms with E-state index in [-0.39, 0.29) is 0 Å². The molecule has 0 fully saturated rings. The van der Waals surface area contributed by atoms with Gasteiger partial charge in [-0.2, -0.15) is 0 Å². The van der Waals surface area contributed by atoms with Crippen molar-refractivity contribution in [1.29, 1.82) is 0 Å². The van der Waals surface area contributed by atoms with Crippen molar-refractivity contribution < 1.29 is 5.11 Å². The van der Waals surface area contributed by atoms with Crippen LogP contribution in [0.5, 0.6) is 0 Å². The van der Waals surface area contributed by atoms with Crippen molar-refractivity contribution >= 4 is 0 Å². The molecule has 0 amide bonds. The van der Waals surface area contributed by atoms with Gasteiger partial charge in [-0.05, 0) is 18.9 Å². The van der Waals surface area contributed by atoms with Gasteiger partial charge in [-0.25, -0.2) is 0 Å². The van der Waals surface area contributed by atoms with Crippen LogP contribution in [0.15, 0.2) is 24.0 Å². The van der Waals surface area contributed by atoms with Gasteiger partial charge in [0, 0.05) is 13.0 Å². The highest BCUT2D eigenvalue weighted by Crippen LogP contribution is 2.04. The Bertz CT molecular complexity index is 150. The maximum absolute atomic E-state index is 9.04. The predicted molar refractivity (Wildman–Crippen MR) is 48.4 cm³/mol. The minimum Gasteiger partial charge on any atom is -0.513 e. The summed E-state index contributed by atoms with van der Waals surface area (Å²) in [7, 11) is 0. The first-order valence-electron chi connectivity index (χ1n) is 3.95. The highest BCUT2D eigenvalue weighted by atomic mass is 16.3. The Balaban J connectivity index is 3.48. The molecule has 0 heterocycles. The Labute approximate surface area is 68.4 Å². The van der Waals surface area contributed by atoms with Gasteiger partial charge >= 0.3 is 0 Å². The van der Waals surface area contributed by atoms with E-state index in [1.54, 1.807) is 0 Å². The summed E-state index contributed by atoms with van der Waals surface area (Å²) >= 11 is 0. The van der Waals surface area contributed by atoms with Gasteiger partial charge in [0.2, 0.25) is 0 Å². The van der Waals surface area contributed by atoms with Crippen LogP contribution >= 0.6 is 0 Å². The van der Waals surface area contributed by atoms with Crippen LogP contribution in [0, 0.1) is 0 Å². The Morgan fingerprint density at radius 1 is 1.64 bits per heavy atom. The number of allylic oxidation sites excluding steroid dienone is 2. The lowest BCUT2D eigenvalue weighted by atomic mass is 10.1. The molecule has 0 radical (unpaired) electrons. The Hall–Kier alpha value is -0.760. The van der Waals surface area contributed by atoms with E-state index in [2.05, 4.69) is 6.58 Å². The molecule has 2 heteroatoms. The molecule has 0 saturated carbocycles. The van der Waals surface area contributed by atoms with E-state index >= 15 is 0 Å². The molecule has 11 heavy (non-hydrogen) atoms. The van der Waals surface area contributed by atoms with Crippen molar-refractivity contribution in [2.24, 2.45) is 5.73 Å². The van der Waals surface area contributed by atoms with Crippen molar-refractivity contribution in [3.8, 4) is 0 Å². The Morgan fingerprint density at radius 2 is 2.27 bits per heavy atom. The van der Waals surface area contributed by atoms with Gasteiger partial charge in [-0.1, -0.05) is 19.1 Å². The molecule has 0 aliphatic carbocycles. The molecule has 0 aliphatic heterocycles. The van der Waals surface area contributed by atoms with Crippen LogP contribution in [0.3, 0.4) is 0 Å². The molecule has 0 saturated heterocycles. The molecular formula is C9H17NO. The molecule has 0 bridgehead atoms. The maximum Gasteiger partial charge on any atom is 0.0880 e. The van der Waals surface area contributed by atoms with E-state index in [1.165, 1.54) is 0 Å². The Kier molecular flexibility index (Phi) is 5.57. The summed E-state index contributed by atoms with van der Waals surface area (Å²) in [5.41, 5.74) is 6.37. The SMILES string of the molecule is C=C(CN)CC/C=C(/O)CC. The summed E-state index contributed by atoms with van der Waals surface area (Å²) in [5, 5.41) is 9.04. The summed E-state index contributed by atoms with van der Waals surface area (Å²) in [6.45, 7) is 6.22. The third-order valence-corrected chi connectivity index (χ3v) is 1.53. The topological polar surface area (TPSA) is 46.2 Å². The second-order valence-corrected chi connectivity index (χ2v) is 2.54. The summed E-state index contributed by atoms with van der Waals surface area (Å²) in [6, 6.07) is 0. The zero-order chi connectivity index (χ0) is 8.69. The third-order valence-electron chi connectivity index (χ3n) is 1.53. The molecule has 2 nitrogen and oxygen atoms in total. The summed E-state index contributed by atoms with van der Waals surface area (Å²) < 4.78 is 0. The quantitative estimate of drug-likeness (QED) is 0.472. The number of hydrogen-bond donors (Lipinski definition) is 2. The molecule has 0 spiro atoms. The van der Waals surface area contributed by atoms with Crippen molar-refractivity contribution in [3.63, 3.8) is 0 Å². The largest absolute Gasteiger partial charge is 0.513 e. The lowest BCUT2D eigenvalue weighted by Crippen LogP contribution is -2.01. The minimum absolute atomic E-state index is 0.454. The lowest BCUT2D eigenvalue weighted by Gasteiger charge is -1.98. The van der Waals surface area contributed by atoms with Gasteiger partial charge in [-0.15, -0.1) is 0 Å². The number of aliphatic hydroxyl groups is 1. The maximum atomic E-state index is 9.04. The minimum atomic E-state index is 0.454. The van der Waals surface area contributed by atoms with E-state index in [1.807, 2.05) is 13.0 Å². The first-order chi connectivity index (χ1) is 5.20. The van der Waals surface area contributed by atoms with Crippen LogP contribution in [-0.2, 0) is 0 Å². The fourth-order valence-electron chi connectivity index (χ4n) is 0.689. The monoisotopic (exact) mass is 155 g/mol. The Morgan fingerprint density at radius 3 is 2.73 bits per heavy atom. The standard InChI is InChI=1S/C9H17NO/c1-3-9(11)6-4-5-8(2)7-10/h6,11H,2-5,7,10H2,1H3/b9-6+. The van der Waals surface area contributed by atoms with Gasteiger partial charge in [0.15, 0.2) is 0 Å². The van der Waals surface area contributed by atoms with Crippen LogP contribution in [0.25, 0.3) is 0 Å². The lowest BCUT2D eigenvalue weighted by molar-refractivity contribution is 0.391. The molecule has 64 valence electrons. The first-order valence-corrected chi connectivity index (χ1v) is 3.95. The van der Waals surface area contributed by atoms with E-state index < -0.39 is 0 Å². The van der Waals surface area contributed by atoms with Crippen molar-refractivity contribution in [2.75, 3.05) is 6.54 Å². The highest BCUT2D eigenvalue weighted by Gasteiger charge is 1.90. The fraction of sp³-hybridized carbons (Fsp3) is 0.556. The average molecular weight is 155 g/mol. The molecule has 0 aromatic heterocycles. The summed E-state index contributed by atoms with van der Waals surface area (Å²) in [5.74, 6) is 0.454. The molecule has 0 aliphatic rings. The fourth-order valence-corrected chi connectivity index (χ4v) is 0.689. The van der Waals surface area contributed by atoms with Crippen LogP contribution in [0.2, 0.25) is 0 Å².